The summed E-state index contributed by atoms with van der Waals surface area (Å²) in [5.41, 5.74) is 0. The highest BCUT2D eigenvalue weighted by atomic mass is 15.3. The van der Waals surface area contributed by atoms with Crippen molar-refractivity contribution in [3.8, 4) is 0 Å². The van der Waals surface area contributed by atoms with Gasteiger partial charge < -0.3 is 9.80 Å². The van der Waals surface area contributed by atoms with Crippen LogP contribution in [0.2, 0.25) is 0 Å². The van der Waals surface area contributed by atoms with Gasteiger partial charge >= 0.3 is 0 Å². The van der Waals surface area contributed by atoms with Crippen LogP contribution in [0.15, 0.2) is 0 Å². The number of likely N-dealkylation sites (N-methyl/N-ethyl adjacent to an activating group) is 2. The van der Waals surface area contributed by atoms with Crippen molar-refractivity contribution in [1.29, 1.82) is 0 Å². The van der Waals surface area contributed by atoms with Crippen LogP contribution in [0.4, 0.5) is 0 Å². The molecule has 2 aliphatic rings. The molecule has 1 unspecified atom stereocenters. The molecule has 102 valence electrons. The van der Waals surface area contributed by atoms with Crippen molar-refractivity contribution in [2.75, 3.05) is 53.4 Å². The quantitative estimate of drug-likeness (QED) is 0.729. The Balaban J connectivity index is 0.000000437. The van der Waals surface area contributed by atoms with Crippen LogP contribution in [-0.4, -0.2) is 74.1 Å². The first kappa shape index (κ1) is 14.9. The Bertz CT molecular complexity index is 188. The molecule has 0 saturated carbocycles. The summed E-state index contributed by atoms with van der Waals surface area (Å²) in [6.07, 6.45) is 4.05. The number of rotatable bonds is 2. The average molecular weight is 241 g/mol. The van der Waals surface area contributed by atoms with Gasteiger partial charge in [-0.15, -0.1) is 0 Å². The van der Waals surface area contributed by atoms with Crippen LogP contribution in [-0.2, 0) is 0 Å². The summed E-state index contributed by atoms with van der Waals surface area (Å²) in [6.45, 7) is 11.9. The molecule has 3 nitrogen and oxygen atoms in total. The van der Waals surface area contributed by atoms with Gasteiger partial charge in [-0.1, -0.05) is 20.3 Å². The van der Waals surface area contributed by atoms with E-state index in [1.54, 1.807) is 0 Å². The van der Waals surface area contributed by atoms with Crippen molar-refractivity contribution in [3.63, 3.8) is 0 Å². The minimum absolute atomic E-state index is 0.832. The lowest BCUT2D eigenvalue weighted by Gasteiger charge is -2.35. The fourth-order valence-corrected chi connectivity index (χ4v) is 2.54. The topological polar surface area (TPSA) is 9.72 Å². The Kier molecular flexibility index (Phi) is 7.09. The number of piperazine rings is 1. The average Bonchev–Trinajstić information content (AvgIpc) is 2.69. The summed E-state index contributed by atoms with van der Waals surface area (Å²) < 4.78 is 0. The van der Waals surface area contributed by atoms with Crippen LogP contribution in [0, 0.1) is 0 Å². The fourth-order valence-electron chi connectivity index (χ4n) is 2.54. The van der Waals surface area contributed by atoms with Gasteiger partial charge in [-0.05, 0) is 33.5 Å². The predicted molar refractivity (Wildman–Crippen MR) is 75.6 cm³/mol. The summed E-state index contributed by atoms with van der Waals surface area (Å²) in [4.78, 5) is 7.58. The largest absolute Gasteiger partial charge is 0.304 e. The highest BCUT2D eigenvalue weighted by Crippen LogP contribution is 2.16. The molecule has 2 saturated heterocycles. The summed E-state index contributed by atoms with van der Waals surface area (Å²) in [5, 5.41) is 0. The van der Waals surface area contributed by atoms with Crippen LogP contribution in [0.3, 0.4) is 0 Å². The lowest BCUT2D eigenvalue weighted by atomic mass is 10.2. The lowest BCUT2D eigenvalue weighted by Crippen LogP contribution is -2.48. The van der Waals surface area contributed by atoms with Gasteiger partial charge in [0.2, 0.25) is 0 Å². The molecule has 1 atom stereocenters. The van der Waals surface area contributed by atoms with Crippen LogP contribution >= 0.6 is 0 Å². The molecule has 0 aromatic carbocycles. The Hall–Kier alpha value is -0.120. The normalized spacial score (nSPS) is 27.9. The van der Waals surface area contributed by atoms with Crippen molar-refractivity contribution >= 4 is 0 Å². The van der Waals surface area contributed by atoms with E-state index >= 15 is 0 Å². The molecule has 17 heavy (non-hydrogen) atoms. The van der Waals surface area contributed by atoms with Crippen molar-refractivity contribution in [2.45, 2.75) is 39.2 Å². The predicted octanol–water partition coefficient (Wildman–Crippen LogP) is 1.74. The first-order chi connectivity index (χ1) is 8.17. The molecule has 0 aromatic heterocycles. The van der Waals surface area contributed by atoms with E-state index in [2.05, 4.69) is 42.6 Å². The molecule has 0 N–H and O–H groups in total. The highest BCUT2D eigenvalue weighted by molar-refractivity contribution is 4.81. The van der Waals surface area contributed by atoms with Crippen LogP contribution < -0.4 is 0 Å². The van der Waals surface area contributed by atoms with Gasteiger partial charge in [0.05, 0.1) is 0 Å². The van der Waals surface area contributed by atoms with Crippen molar-refractivity contribution < 1.29 is 0 Å². The molecule has 3 heteroatoms. The zero-order valence-corrected chi connectivity index (χ0v) is 12.3. The van der Waals surface area contributed by atoms with Gasteiger partial charge in [0.1, 0.15) is 0 Å². The van der Waals surface area contributed by atoms with Crippen molar-refractivity contribution in [2.24, 2.45) is 0 Å². The van der Waals surface area contributed by atoms with Crippen LogP contribution in [0.1, 0.15) is 33.1 Å². The summed E-state index contributed by atoms with van der Waals surface area (Å²) in [5.74, 6) is 0. The van der Waals surface area contributed by atoms with Gasteiger partial charge in [-0.25, -0.2) is 0 Å². The monoisotopic (exact) mass is 241 g/mol. The van der Waals surface area contributed by atoms with Crippen LogP contribution in [0.5, 0.6) is 0 Å². The van der Waals surface area contributed by atoms with E-state index in [1.807, 2.05) is 0 Å². The number of hydrogen-bond donors (Lipinski definition) is 0. The number of hydrogen-bond acceptors (Lipinski definition) is 3. The Labute approximate surface area is 108 Å². The smallest absolute Gasteiger partial charge is 0.0220 e. The second-order valence-electron chi connectivity index (χ2n) is 5.59. The third-order valence-electron chi connectivity index (χ3n) is 3.74. The molecule has 0 amide bonds. The van der Waals surface area contributed by atoms with E-state index in [1.165, 1.54) is 58.5 Å². The van der Waals surface area contributed by atoms with E-state index in [9.17, 15) is 0 Å². The Morgan fingerprint density at radius 3 is 2.00 bits per heavy atom. The maximum absolute atomic E-state index is 2.63. The highest BCUT2D eigenvalue weighted by Gasteiger charge is 2.24. The zero-order chi connectivity index (χ0) is 12.7. The molecule has 0 aliphatic carbocycles. The van der Waals surface area contributed by atoms with Gasteiger partial charge in [0.15, 0.2) is 0 Å². The van der Waals surface area contributed by atoms with Crippen LogP contribution in [0.25, 0.3) is 0 Å². The number of likely N-dealkylation sites (tertiary alicyclic amines) is 1. The second kappa shape index (κ2) is 8.06. The van der Waals surface area contributed by atoms with Gasteiger partial charge in [-0.2, -0.15) is 0 Å². The third-order valence-corrected chi connectivity index (χ3v) is 3.74. The molecule has 0 spiro atoms. The minimum Gasteiger partial charge on any atom is -0.304 e. The SMILES string of the molecule is CCC.CN1CCN(CC2CCCN2C)CC1. The van der Waals surface area contributed by atoms with E-state index in [0.717, 1.165) is 6.04 Å². The Morgan fingerprint density at radius 2 is 1.53 bits per heavy atom. The molecule has 0 bridgehead atoms. The molecule has 2 fully saturated rings. The lowest BCUT2D eigenvalue weighted by molar-refractivity contribution is 0.124. The maximum atomic E-state index is 2.63. The van der Waals surface area contributed by atoms with Crippen molar-refractivity contribution in [1.82, 2.24) is 14.7 Å². The molecular weight excluding hydrogens is 210 g/mol. The van der Waals surface area contributed by atoms with E-state index in [4.69, 9.17) is 0 Å². The molecule has 2 aliphatic heterocycles. The molecular formula is C14H31N3. The molecule has 0 aromatic rings. The second-order valence-corrected chi connectivity index (χ2v) is 5.59. The zero-order valence-electron chi connectivity index (χ0n) is 12.3. The molecule has 2 heterocycles. The molecule has 2 rings (SSSR count). The van der Waals surface area contributed by atoms with Gasteiger partial charge in [-0.3, -0.25) is 4.90 Å². The summed E-state index contributed by atoms with van der Waals surface area (Å²) in [7, 11) is 4.49. The van der Waals surface area contributed by atoms with E-state index < -0.39 is 0 Å². The fraction of sp³-hybridized carbons (Fsp3) is 1.00. The van der Waals surface area contributed by atoms with E-state index in [-0.39, 0.29) is 0 Å². The first-order valence-electron chi connectivity index (χ1n) is 7.28. The van der Waals surface area contributed by atoms with Gasteiger partial charge in [0.25, 0.3) is 0 Å². The summed E-state index contributed by atoms with van der Waals surface area (Å²) in [6, 6.07) is 0.832. The summed E-state index contributed by atoms with van der Waals surface area (Å²) >= 11 is 0. The maximum Gasteiger partial charge on any atom is 0.0220 e. The Morgan fingerprint density at radius 1 is 0.941 bits per heavy atom. The van der Waals surface area contributed by atoms with E-state index in [0.29, 0.717) is 0 Å². The minimum atomic E-state index is 0.832. The number of nitrogens with zero attached hydrogens (tertiary/aromatic N) is 3. The first-order valence-corrected chi connectivity index (χ1v) is 7.28. The standard InChI is InChI=1S/C11H23N3.C3H8/c1-12-6-8-14(9-7-12)10-11-4-3-5-13(11)2;1-3-2/h11H,3-10H2,1-2H3;3H2,1-2H3. The molecule has 0 radical (unpaired) electrons. The van der Waals surface area contributed by atoms with Gasteiger partial charge in [0, 0.05) is 38.8 Å². The third kappa shape index (κ3) is 5.36. The van der Waals surface area contributed by atoms with Crippen molar-refractivity contribution in [3.05, 3.63) is 0 Å².